The lowest BCUT2D eigenvalue weighted by Crippen LogP contribution is -2.16. The van der Waals surface area contributed by atoms with Crippen molar-refractivity contribution in [3.05, 3.63) is 65.5 Å². The van der Waals surface area contributed by atoms with Crippen LogP contribution in [0.5, 0.6) is 5.75 Å². The van der Waals surface area contributed by atoms with Gasteiger partial charge in [-0.25, -0.2) is 9.50 Å². The van der Waals surface area contributed by atoms with Crippen LogP contribution in [0.15, 0.2) is 48.5 Å². The number of carbonyl (C=O) groups excluding carboxylic acids is 1. The van der Waals surface area contributed by atoms with Gasteiger partial charge in [0.25, 0.3) is 0 Å². The highest BCUT2D eigenvalue weighted by Gasteiger charge is 2.17. The number of hydrogen-bond donors (Lipinski definition) is 1. The Kier molecular flexibility index (Phi) is 5.96. The van der Waals surface area contributed by atoms with Crippen molar-refractivity contribution < 1.29 is 14.3 Å². The number of anilines is 1. The minimum absolute atomic E-state index is 0.0456. The van der Waals surface area contributed by atoms with Crippen LogP contribution < -0.4 is 10.1 Å². The van der Waals surface area contributed by atoms with Crippen LogP contribution in [0.3, 0.4) is 0 Å². The number of aromatic nitrogens is 3. The molecule has 1 saturated heterocycles. The number of amides is 1. The number of benzene rings is 2. The molecule has 1 atom stereocenters. The zero-order valence-corrected chi connectivity index (χ0v) is 19.0. The van der Waals surface area contributed by atoms with Crippen LogP contribution in [0.2, 0.25) is 0 Å². The third-order valence-electron chi connectivity index (χ3n) is 6.20. The lowest BCUT2D eigenvalue weighted by molar-refractivity contribution is -0.116. The van der Waals surface area contributed by atoms with Gasteiger partial charge in [0.15, 0.2) is 5.65 Å². The quantitative estimate of drug-likeness (QED) is 0.450. The van der Waals surface area contributed by atoms with Gasteiger partial charge in [-0.15, -0.1) is 0 Å². The molecule has 2 aromatic heterocycles. The van der Waals surface area contributed by atoms with Gasteiger partial charge in [0, 0.05) is 41.6 Å². The summed E-state index contributed by atoms with van der Waals surface area (Å²) in [5.74, 6) is 0.686. The van der Waals surface area contributed by atoms with Crippen molar-refractivity contribution in [2.24, 2.45) is 0 Å². The van der Waals surface area contributed by atoms with E-state index in [1.807, 2.05) is 66.9 Å². The van der Waals surface area contributed by atoms with Crippen molar-refractivity contribution in [1.29, 1.82) is 0 Å². The first kappa shape index (κ1) is 21.4. The Bertz CT molecular complexity index is 1310. The highest BCUT2D eigenvalue weighted by atomic mass is 16.5. The van der Waals surface area contributed by atoms with Crippen LogP contribution in [0.4, 0.5) is 5.69 Å². The van der Waals surface area contributed by atoms with Crippen molar-refractivity contribution in [2.45, 2.75) is 45.6 Å². The smallest absolute Gasteiger partial charge is 0.224 e. The molecule has 1 fully saturated rings. The van der Waals surface area contributed by atoms with E-state index in [2.05, 4.69) is 5.32 Å². The van der Waals surface area contributed by atoms with Gasteiger partial charge < -0.3 is 14.8 Å². The standard InChI is InChI=1S/C26H28N4O3/c1-17-22(18(2)30-26(27-17)23-10-3-4-11-24(23)29-30)12-13-25(31)28-19-7-5-8-20(15-19)33-16-21-9-6-14-32-21/h3-5,7-8,10-11,15,21H,6,9,12-14,16H2,1-2H3,(H,28,31). The van der Waals surface area contributed by atoms with Gasteiger partial charge in [0.2, 0.25) is 5.91 Å². The average molecular weight is 445 g/mol. The molecule has 4 aromatic rings. The highest BCUT2D eigenvalue weighted by molar-refractivity contribution is 5.92. The molecule has 33 heavy (non-hydrogen) atoms. The normalized spacial score (nSPS) is 15.9. The molecule has 3 heterocycles. The second-order valence-electron chi connectivity index (χ2n) is 8.54. The minimum Gasteiger partial charge on any atom is -0.491 e. The molecule has 7 nitrogen and oxygen atoms in total. The molecule has 1 amide bonds. The second-order valence-corrected chi connectivity index (χ2v) is 8.54. The van der Waals surface area contributed by atoms with Gasteiger partial charge in [-0.05, 0) is 62.9 Å². The number of nitrogens with zero attached hydrogens (tertiary/aromatic N) is 3. The molecule has 0 saturated carbocycles. The summed E-state index contributed by atoms with van der Waals surface area (Å²) in [6.45, 7) is 5.38. The third kappa shape index (κ3) is 4.54. The maximum atomic E-state index is 12.7. The van der Waals surface area contributed by atoms with E-state index in [0.29, 0.717) is 19.4 Å². The van der Waals surface area contributed by atoms with Gasteiger partial charge in [-0.1, -0.05) is 18.2 Å². The van der Waals surface area contributed by atoms with Gasteiger partial charge in [0.05, 0.1) is 11.6 Å². The van der Waals surface area contributed by atoms with Crippen molar-refractivity contribution >= 4 is 28.1 Å². The Morgan fingerprint density at radius 3 is 2.94 bits per heavy atom. The molecule has 0 radical (unpaired) electrons. The first-order valence-electron chi connectivity index (χ1n) is 11.5. The molecule has 1 aliphatic heterocycles. The largest absolute Gasteiger partial charge is 0.491 e. The summed E-state index contributed by atoms with van der Waals surface area (Å²) in [5.41, 5.74) is 5.51. The van der Waals surface area contributed by atoms with E-state index < -0.39 is 0 Å². The zero-order chi connectivity index (χ0) is 22.8. The van der Waals surface area contributed by atoms with Crippen molar-refractivity contribution in [2.75, 3.05) is 18.5 Å². The van der Waals surface area contributed by atoms with Crippen LogP contribution >= 0.6 is 0 Å². The fourth-order valence-electron chi connectivity index (χ4n) is 4.43. The van der Waals surface area contributed by atoms with Gasteiger partial charge in [-0.3, -0.25) is 4.79 Å². The Morgan fingerprint density at radius 1 is 1.21 bits per heavy atom. The predicted octanol–water partition coefficient (Wildman–Crippen LogP) is 4.63. The van der Waals surface area contributed by atoms with Crippen LogP contribution in [0, 0.1) is 13.8 Å². The van der Waals surface area contributed by atoms with Crippen molar-refractivity contribution in [3.8, 4) is 5.75 Å². The average Bonchev–Trinajstić information content (AvgIpc) is 3.46. The first-order valence-corrected chi connectivity index (χ1v) is 11.5. The Morgan fingerprint density at radius 2 is 2.09 bits per heavy atom. The van der Waals surface area contributed by atoms with Crippen LogP contribution in [-0.4, -0.2) is 39.8 Å². The molecule has 0 spiro atoms. The van der Waals surface area contributed by atoms with E-state index in [9.17, 15) is 4.79 Å². The van der Waals surface area contributed by atoms with E-state index in [1.54, 1.807) is 0 Å². The van der Waals surface area contributed by atoms with Crippen LogP contribution in [0.25, 0.3) is 16.6 Å². The molecular formula is C26H28N4O3. The number of hydrogen-bond acceptors (Lipinski definition) is 5. The molecule has 1 unspecified atom stereocenters. The number of aryl methyl sites for hydroxylation is 2. The molecule has 0 aliphatic carbocycles. The number of fused-ring (bicyclic) bond motifs is 3. The van der Waals surface area contributed by atoms with Crippen LogP contribution in [-0.2, 0) is 16.0 Å². The van der Waals surface area contributed by atoms with E-state index in [4.69, 9.17) is 19.6 Å². The Labute approximate surface area is 192 Å². The van der Waals surface area contributed by atoms with Gasteiger partial charge in [-0.2, -0.15) is 5.10 Å². The molecule has 0 bridgehead atoms. The maximum Gasteiger partial charge on any atom is 0.224 e. The van der Waals surface area contributed by atoms with E-state index >= 15 is 0 Å². The van der Waals surface area contributed by atoms with E-state index in [1.165, 1.54) is 0 Å². The summed E-state index contributed by atoms with van der Waals surface area (Å²) in [6, 6.07) is 15.5. The fraction of sp³-hybridized carbons (Fsp3) is 0.346. The predicted molar refractivity (Wildman–Crippen MR) is 128 cm³/mol. The molecule has 170 valence electrons. The maximum absolute atomic E-state index is 12.7. The number of nitrogens with one attached hydrogen (secondary N) is 1. The fourth-order valence-corrected chi connectivity index (χ4v) is 4.43. The van der Waals surface area contributed by atoms with E-state index in [-0.39, 0.29) is 12.0 Å². The molecule has 7 heteroatoms. The summed E-state index contributed by atoms with van der Waals surface area (Å²) >= 11 is 0. The number of carbonyl (C=O) groups is 1. The molecule has 1 N–H and O–H groups in total. The third-order valence-corrected chi connectivity index (χ3v) is 6.20. The number of ether oxygens (including phenoxy) is 2. The Hall–Kier alpha value is -3.45. The topological polar surface area (TPSA) is 77.8 Å². The number of rotatable bonds is 7. The minimum atomic E-state index is -0.0456. The lowest BCUT2D eigenvalue weighted by Gasteiger charge is -2.13. The molecular weight excluding hydrogens is 416 g/mol. The van der Waals surface area contributed by atoms with Crippen molar-refractivity contribution in [3.63, 3.8) is 0 Å². The van der Waals surface area contributed by atoms with Crippen LogP contribution in [0.1, 0.15) is 36.2 Å². The first-order chi connectivity index (χ1) is 16.1. The highest BCUT2D eigenvalue weighted by Crippen LogP contribution is 2.24. The SMILES string of the molecule is Cc1nc2c3ccccc3nn2c(C)c1CCC(=O)Nc1cccc(OCC2CCCO2)c1. The van der Waals surface area contributed by atoms with E-state index in [0.717, 1.165) is 64.4 Å². The van der Waals surface area contributed by atoms with Gasteiger partial charge in [0.1, 0.15) is 12.4 Å². The summed E-state index contributed by atoms with van der Waals surface area (Å²) in [5, 5.41) is 8.72. The molecule has 5 rings (SSSR count). The van der Waals surface area contributed by atoms with Crippen molar-refractivity contribution in [1.82, 2.24) is 14.6 Å². The zero-order valence-electron chi connectivity index (χ0n) is 19.0. The van der Waals surface area contributed by atoms with Gasteiger partial charge >= 0.3 is 0 Å². The summed E-state index contributed by atoms with van der Waals surface area (Å²) in [7, 11) is 0. The summed E-state index contributed by atoms with van der Waals surface area (Å²) in [4.78, 5) is 17.5. The molecule has 1 aliphatic rings. The summed E-state index contributed by atoms with van der Waals surface area (Å²) < 4.78 is 13.3. The Balaban J connectivity index is 1.24. The molecule has 2 aromatic carbocycles. The lowest BCUT2D eigenvalue weighted by atomic mass is 10.1. The summed E-state index contributed by atoms with van der Waals surface area (Å²) in [6.07, 6.45) is 3.23. The second kappa shape index (κ2) is 9.19. The monoisotopic (exact) mass is 444 g/mol.